The van der Waals surface area contributed by atoms with Crippen molar-refractivity contribution in [1.29, 1.82) is 0 Å². The van der Waals surface area contributed by atoms with Gasteiger partial charge in [-0.15, -0.1) is 0 Å². The minimum atomic E-state index is -4.37. The van der Waals surface area contributed by atoms with Crippen LogP contribution in [0.1, 0.15) is 0 Å². The highest BCUT2D eigenvalue weighted by Crippen LogP contribution is 2.30. The van der Waals surface area contributed by atoms with E-state index in [2.05, 4.69) is 21.1 Å². The van der Waals surface area contributed by atoms with Crippen LogP contribution in [-0.4, -0.2) is 33.3 Å². The highest BCUT2D eigenvalue weighted by atomic mass is 79.9. The van der Waals surface area contributed by atoms with Crippen molar-refractivity contribution in [1.82, 2.24) is 0 Å². The van der Waals surface area contributed by atoms with Crippen LogP contribution in [0.5, 0.6) is 0 Å². The fourth-order valence-electron chi connectivity index (χ4n) is 1.25. The zero-order valence-corrected chi connectivity index (χ0v) is 12.8. The normalized spacial score (nSPS) is 12.3. The van der Waals surface area contributed by atoms with E-state index in [0.717, 1.165) is 0 Å². The van der Waals surface area contributed by atoms with Crippen LogP contribution >= 0.6 is 15.9 Å². The monoisotopic (exact) mass is 390 g/mol. The highest BCUT2D eigenvalue weighted by Gasteiger charge is 2.28. The maximum atomic E-state index is 13.4. The molecule has 0 heterocycles. The Labute approximate surface area is 122 Å². The van der Waals surface area contributed by atoms with E-state index in [-0.39, 0.29) is 4.47 Å². The van der Waals surface area contributed by atoms with Crippen molar-refractivity contribution in [2.24, 2.45) is 5.14 Å². The van der Waals surface area contributed by atoms with Gasteiger partial charge in [-0.1, -0.05) is 0 Å². The lowest BCUT2D eigenvalue weighted by Crippen LogP contribution is -2.23. The molecule has 8 nitrogen and oxygen atoms in total. The quantitative estimate of drug-likeness (QED) is 0.575. The summed E-state index contributed by atoms with van der Waals surface area (Å²) in [5.74, 6) is -2.93. The predicted octanol–water partition coefficient (Wildman–Crippen LogP) is 0.559. The average molecular weight is 391 g/mol. The van der Waals surface area contributed by atoms with Crippen molar-refractivity contribution in [2.75, 3.05) is 11.5 Å². The molecule has 0 fully saturated rings. The number of halogens is 2. The molecule has 12 heteroatoms. The van der Waals surface area contributed by atoms with Gasteiger partial charge < -0.3 is 0 Å². The summed E-state index contributed by atoms with van der Waals surface area (Å²) < 4.78 is 58.3. The van der Waals surface area contributed by atoms with E-state index in [9.17, 15) is 31.3 Å². The second kappa shape index (κ2) is 5.71. The van der Waals surface area contributed by atoms with E-state index in [1.165, 1.54) is 0 Å². The number of rotatable bonds is 5. The maximum absolute atomic E-state index is 13.4. The first kappa shape index (κ1) is 16.9. The van der Waals surface area contributed by atoms with E-state index in [1.54, 1.807) is 0 Å². The van der Waals surface area contributed by atoms with Crippen LogP contribution in [-0.2, 0) is 19.9 Å². The molecular formula is C8H8BrFN2O6S2. The summed E-state index contributed by atoms with van der Waals surface area (Å²) in [6, 6.07) is 1.15. The smallest absolute Gasteiger partial charge is 0.258 e. The zero-order valence-electron chi connectivity index (χ0n) is 9.62. The third-order valence-corrected chi connectivity index (χ3v) is 5.55. The summed E-state index contributed by atoms with van der Waals surface area (Å²) in [6.07, 6.45) is 0. The number of nitrogens with zero attached hydrogens (tertiary/aromatic N) is 1. The van der Waals surface area contributed by atoms with Crippen LogP contribution in [0.15, 0.2) is 21.5 Å². The van der Waals surface area contributed by atoms with Crippen molar-refractivity contribution in [2.45, 2.75) is 4.90 Å². The van der Waals surface area contributed by atoms with Gasteiger partial charge in [0.2, 0.25) is 10.0 Å². The minimum Gasteiger partial charge on any atom is -0.258 e. The number of nitro benzene ring substituents is 1. The lowest BCUT2D eigenvalue weighted by atomic mass is 10.3. The number of hydrogen-bond donors (Lipinski definition) is 1. The molecule has 0 bridgehead atoms. The lowest BCUT2D eigenvalue weighted by Gasteiger charge is -2.06. The van der Waals surface area contributed by atoms with E-state index in [4.69, 9.17) is 0 Å². The second-order valence-electron chi connectivity index (χ2n) is 3.68. The van der Waals surface area contributed by atoms with Crippen LogP contribution in [0, 0.1) is 15.9 Å². The van der Waals surface area contributed by atoms with Crippen LogP contribution in [0.4, 0.5) is 10.1 Å². The first-order chi connectivity index (χ1) is 8.94. The number of nitro groups is 1. The Balaban J connectivity index is 3.37. The Morgan fingerprint density at radius 1 is 1.25 bits per heavy atom. The fraction of sp³-hybridized carbons (Fsp3) is 0.250. The molecule has 0 amide bonds. The molecule has 0 aliphatic carbocycles. The lowest BCUT2D eigenvalue weighted by molar-refractivity contribution is -0.388. The van der Waals surface area contributed by atoms with E-state index in [0.29, 0.717) is 12.1 Å². The topological polar surface area (TPSA) is 137 Å². The van der Waals surface area contributed by atoms with E-state index < -0.39 is 52.7 Å². The van der Waals surface area contributed by atoms with E-state index >= 15 is 0 Å². The maximum Gasteiger partial charge on any atom is 0.289 e. The Morgan fingerprint density at radius 3 is 2.25 bits per heavy atom. The van der Waals surface area contributed by atoms with Gasteiger partial charge in [-0.05, 0) is 15.9 Å². The van der Waals surface area contributed by atoms with Crippen molar-refractivity contribution in [3.05, 3.63) is 32.5 Å². The standard InChI is InChI=1S/C8H8BrFN2O6S2/c9-5-3-7(12(13)14)8(4-6(5)10)19(15,16)1-2-20(11,17)18/h3-4H,1-2H2,(H2,11,17,18). The molecule has 0 aliphatic rings. The minimum absolute atomic E-state index is 0.283. The van der Waals surface area contributed by atoms with Crippen molar-refractivity contribution in [3.63, 3.8) is 0 Å². The van der Waals surface area contributed by atoms with Crippen molar-refractivity contribution >= 4 is 41.5 Å². The number of sulfone groups is 1. The summed E-state index contributed by atoms with van der Waals surface area (Å²) in [5, 5.41) is 15.5. The number of benzene rings is 1. The average Bonchev–Trinajstić information content (AvgIpc) is 2.28. The van der Waals surface area contributed by atoms with Gasteiger partial charge in [-0.2, -0.15) is 0 Å². The molecule has 0 radical (unpaired) electrons. The number of hydrogen-bond acceptors (Lipinski definition) is 6. The molecule has 1 aromatic rings. The zero-order chi connectivity index (χ0) is 15.7. The highest BCUT2D eigenvalue weighted by molar-refractivity contribution is 9.10. The summed E-state index contributed by atoms with van der Waals surface area (Å²) >= 11 is 2.70. The molecular weight excluding hydrogens is 383 g/mol. The van der Waals surface area contributed by atoms with Gasteiger partial charge in [0.15, 0.2) is 9.84 Å². The number of nitrogens with two attached hydrogens (primary N) is 1. The van der Waals surface area contributed by atoms with Crippen molar-refractivity contribution in [3.8, 4) is 0 Å². The van der Waals surface area contributed by atoms with Crippen LogP contribution in [0.25, 0.3) is 0 Å². The molecule has 1 aromatic carbocycles. The third kappa shape index (κ3) is 4.19. The molecule has 112 valence electrons. The number of primary sulfonamides is 1. The molecule has 0 aromatic heterocycles. The molecule has 0 saturated carbocycles. The van der Waals surface area contributed by atoms with Gasteiger partial charge in [0.1, 0.15) is 10.7 Å². The molecule has 0 spiro atoms. The summed E-state index contributed by atoms with van der Waals surface area (Å²) in [4.78, 5) is 8.89. The fourth-order valence-corrected chi connectivity index (χ4v) is 4.34. The van der Waals surface area contributed by atoms with Gasteiger partial charge in [0, 0.05) is 12.1 Å². The van der Waals surface area contributed by atoms with Gasteiger partial charge in [0.05, 0.1) is 20.9 Å². The molecule has 0 aliphatic heterocycles. The predicted molar refractivity (Wildman–Crippen MR) is 70.8 cm³/mol. The van der Waals surface area contributed by atoms with Crippen molar-refractivity contribution < 1.29 is 26.1 Å². The summed E-state index contributed by atoms with van der Waals surface area (Å²) in [7, 11) is -8.44. The number of sulfonamides is 1. The SMILES string of the molecule is NS(=O)(=O)CCS(=O)(=O)c1cc(F)c(Br)cc1[N+](=O)[O-]. The molecule has 2 N–H and O–H groups in total. The van der Waals surface area contributed by atoms with Crippen LogP contribution < -0.4 is 5.14 Å². The second-order valence-corrected chi connectivity index (χ2v) is 8.34. The van der Waals surface area contributed by atoms with Crippen LogP contribution in [0.3, 0.4) is 0 Å². The Kier molecular flexibility index (Phi) is 4.84. The van der Waals surface area contributed by atoms with Gasteiger partial charge in [0.25, 0.3) is 5.69 Å². The van der Waals surface area contributed by atoms with Gasteiger partial charge >= 0.3 is 0 Å². The third-order valence-electron chi connectivity index (χ3n) is 2.17. The first-order valence-electron chi connectivity index (χ1n) is 4.81. The van der Waals surface area contributed by atoms with E-state index in [1.807, 2.05) is 0 Å². The Bertz CT molecular complexity index is 761. The molecule has 0 unspecified atom stereocenters. The largest absolute Gasteiger partial charge is 0.289 e. The Morgan fingerprint density at radius 2 is 1.80 bits per heavy atom. The van der Waals surface area contributed by atoms with Gasteiger partial charge in [-0.3, -0.25) is 10.1 Å². The molecule has 1 rings (SSSR count). The van der Waals surface area contributed by atoms with Gasteiger partial charge in [-0.25, -0.2) is 26.4 Å². The molecule has 0 atom stereocenters. The Hall–Kier alpha value is -1.11. The molecule has 20 heavy (non-hydrogen) atoms. The summed E-state index contributed by atoms with van der Waals surface area (Å²) in [6.45, 7) is 0. The summed E-state index contributed by atoms with van der Waals surface area (Å²) in [5.41, 5.74) is -0.854. The first-order valence-corrected chi connectivity index (χ1v) is 8.97. The van der Waals surface area contributed by atoms with Crippen LogP contribution in [0.2, 0.25) is 0 Å². The molecule has 0 saturated heterocycles.